The van der Waals surface area contributed by atoms with Crippen LogP contribution in [0.15, 0.2) is 84.9 Å². The molecule has 3 aromatic rings. The third-order valence-corrected chi connectivity index (χ3v) is 4.67. The molecule has 0 aliphatic rings. The first-order valence-electron chi connectivity index (χ1n) is 9.34. The molecule has 0 atom stereocenters. The fraction of sp³-hybridized carbons (Fsp3) is 0.130. The van der Waals surface area contributed by atoms with Gasteiger partial charge in [0.15, 0.2) is 5.41 Å². The number of amides is 1. The summed E-state index contributed by atoms with van der Waals surface area (Å²) in [6.07, 6.45) is 0. The third-order valence-electron chi connectivity index (χ3n) is 4.67. The van der Waals surface area contributed by atoms with Crippen LogP contribution < -0.4 is 5.32 Å². The zero-order valence-electron chi connectivity index (χ0n) is 16.3. The van der Waals surface area contributed by atoms with E-state index < -0.39 is 22.2 Å². The van der Waals surface area contributed by atoms with Crippen molar-refractivity contribution >= 4 is 23.3 Å². The fourth-order valence-electron chi connectivity index (χ4n) is 3.26. The SMILES string of the molecule is CCOC(=O)C(C(=O)Nc1ccc([N+](=O)[O-])cc1)(c1ccccc1)c1ccccc1. The summed E-state index contributed by atoms with van der Waals surface area (Å²) in [5.41, 5.74) is -0.620. The van der Waals surface area contributed by atoms with Gasteiger partial charge in [-0.2, -0.15) is 0 Å². The van der Waals surface area contributed by atoms with Crippen LogP contribution in [0.5, 0.6) is 0 Å². The first kappa shape index (κ1) is 20.7. The number of hydrogen-bond donors (Lipinski definition) is 1. The molecule has 0 saturated heterocycles. The Balaban J connectivity index is 2.13. The van der Waals surface area contributed by atoms with Crippen molar-refractivity contribution in [1.82, 2.24) is 0 Å². The molecule has 3 rings (SSSR count). The van der Waals surface area contributed by atoms with E-state index in [0.717, 1.165) is 0 Å². The van der Waals surface area contributed by atoms with Crippen molar-refractivity contribution in [2.24, 2.45) is 0 Å². The number of non-ortho nitro benzene ring substituents is 1. The van der Waals surface area contributed by atoms with Crippen molar-refractivity contribution in [3.05, 3.63) is 106 Å². The average molecular weight is 404 g/mol. The Morgan fingerprint density at radius 3 is 1.83 bits per heavy atom. The van der Waals surface area contributed by atoms with Gasteiger partial charge in [-0.25, -0.2) is 0 Å². The van der Waals surface area contributed by atoms with Crippen LogP contribution >= 0.6 is 0 Å². The average Bonchev–Trinajstić information content (AvgIpc) is 2.76. The van der Waals surface area contributed by atoms with Crippen LogP contribution in [0.3, 0.4) is 0 Å². The van der Waals surface area contributed by atoms with Crippen molar-refractivity contribution in [3.8, 4) is 0 Å². The molecule has 30 heavy (non-hydrogen) atoms. The molecule has 0 fully saturated rings. The van der Waals surface area contributed by atoms with Gasteiger partial charge >= 0.3 is 5.97 Å². The number of esters is 1. The number of hydrogen-bond acceptors (Lipinski definition) is 5. The largest absolute Gasteiger partial charge is 0.465 e. The number of carbonyl (C=O) groups excluding carboxylic acids is 2. The molecule has 0 aliphatic heterocycles. The van der Waals surface area contributed by atoms with E-state index in [9.17, 15) is 19.7 Å². The van der Waals surface area contributed by atoms with Crippen LogP contribution in [0.4, 0.5) is 11.4 Å². The predicted molar refractivity (Wildman–Crippen MR) is 112 cm³/mol. The maximum absolute atomic E-state index is 13.6. The molecule has 7 nitrogen and oxygen atoms in total. The summed E-state index contributed by atoms with van der Waals surface area (Å²) in [4.78, 5) is 37.3. The van der Waals surface area contributed by atoms with Gasteiger partial charge in [0.25, 0.3) is 11.6 Å². The third kappa shape index (κ3) is 3.91. The highest BCUT2D eigenvalue weighted by Gasteiger charge is 2.50. The zero-order valence-corrected chi connectivity index (χ0v) is 16.3. The Hall–Kier alpha value is -4.00. The summed E-state index contributed by atoms with van der Waals surface area (Å²) in [5, 5.41) is 13.6. The summed E-state index contributed by atoms with van der Waals surface area (Å²) in [6, 6.07) is 22.7. The monoisotopic (exact) mass is 404 g/mol. The Morgan fingerprint density at radius 2 is 1.40 bits per heavy atom. The maximum atomic E-state index is 13.6. The molecule has 152 valence electrons. The smallest absolute Gasteiger partial charge is 0.330 e. The molecular weight excluding hydrogens is 384 g/mol. The quantitative estimate of drug-likeness (QED) is 0.277. The van der Waals surface area contributed by atoms with E-state index in [0.29, 0.717) is 16.8 Å². The number of rotatable bonds is 7. The Bertz CT molecular complexity index is 995. The second-order valence-corrected chi connectivity index (χ2v) is 6.46. The van der Waals surface area contributed by atoms with Crippen LogP contribution in [0, 0.1) is 10.1 Å². The molecule has 0 aromatic heterocycles. The second-order valence-electron chi connectivity index (χ2n) is 6.46. The molecular formula is C23H20N2O5. The van der Waals surface area contributed by atoms with Gasteiger partial charge < -0.3 is 10.1 Å². The van der Waals surface area contributed by atoms with E-state index in [-0.39, 0.29) is 12.3 Å². The number of ether oxygens (including phenoxy) is 1. The van der Waals surface area contributed by atoms with Crippen molar-refractivity contribution < 1.29 is 19.2 Å². The number of anilines is 1. The van der Waals surface area contributed by atoms with Gasteiger partial charge in [-0.05, 0) is 30.2 Å². The van der Waals surface area contributed by atoms with Crippen molar-refractivity contribution in [1.29, 1.82) is 0 Å². The van der Waals surface area contributed by atoms with E-state index in [4.69, 9.17) is 4.74 Å². The minimum atomic E-state index is -1.75. The Labute approximate surface area is 173 Å². The number of nitrogens with one attached hydrogen (secondary N) is 1. The van der Waals surface area contributed by atoms with Gasteiger partial charge in [0.1, 0.15) is 0 Å². The topological polar surface area (TPSA) is 98.5 Å². The number of carbonyl (C=O) groups is 2. The van der Waals surface area contributed by atoms with Gasteiger partial charge in [-0.15, -0.1) is 0 Å². The van der Waals surface area contributed by atoms with Gasteiger partial charge in [0, 0.05) is 17.8 Å². The molecule has 1 amide bonds. The van der Waals surface area contributed by atoms with Crippen LogP contribution in [-0.2, 0) is 19.7 Å². The number of nitro benzene ring substituents is 1. The second kappa shape index (κ2) is 9.00. The number of benzene rings is 3. The highest BCUT2D eigenvalue weighted by Crippen LogP contribution is 2.35. The summed E-state index contributed by atoms with van der Waals surface area (Å²) in [7, 11) is 0. The molecule has 3 aromatic carbocycles. The van der Waals surface area contributed by atoms with Gasteiger partial charge in [0.2, 0.25) is 0 Å². The highest BCUT2D eigenvalue weighted by atomic mass is 16.6. The molecule has 0 heterocycles. The van der Waals surface area contributed by atoms with E-state index >= 15 is 0 Å². The lowest BCUT2D eigenvalue weighted by atomic mass is 9.73. The highest BCUT2D eigenvalue weighted by molar-refractivity contribution is 6.17. The number of nitro groups is 1. The standard InChI is InChI=1S/C23H20N2O5/c1-2-30-22(27)23(17-9-5-3-6-10-17,18-11-7-4-8-12-18)21(26)24-19-13-15-20(16-14-19)25(28)29/h3-16H,2H2,1H3,(H,24,26). The lowest BCUT2D eigenvalue weighted by Gasteiger charge is -2.31. The minimum absolute atomic E-state index is 0.101. The minimum Gasteiger partial charge on any atom is -0.465 e. The van der Waals surface area contributed by atoms with E-state index in [1.54, 1.807) is 67.6 Å². The summed E-state index contributed by atoms with van der Waals surface area (Å²) in [6.45, 7) is 1.78. The normalized spacial score (nSPS) is 10.8. The maximum Gasteiger partial charge on any atom is 0.330 e. The van der Waals surface area contributed by atoms with Gasteiger partial charge in [-0.3, -0.25) is 19.7 Å². The van der Waals surface area contributed by atoms with Crippen molar-refractivity contribution in [2.45, 2.75) is 12.3 Å². The van der Waals surface area contributed by atoms with Crippen LogP contribution in [-0.4, -0.2) is 23.4 Å². The lowest BCUT2D eigenvalue weighted by Crippen LogP contribution is -2.49. The number of nitrogens with zero attached hydrogens (tertiary/aromatic N) is 1. The molecule has 0 unspecified atom stereocenters. The molecule has 0 radical (unpaired) electrons. The zero-order chi connectivity index (χ0) is 21.6. The summed E-state index contributed by atoms with van der Waals surface area (Å²) >= 11 is 0. The van der Waals surface area contributed by atoms with Crippen molar-refractivity contribution in [2.75, 3.05) is 11.9 Å². The van der Waals surface area contributed by atoms with Crippen molar-refractivity contribution in [3.63, 3.8) is 0 Å². The van der Waals surface area contributed by atoms with E-state index in [1.807, 2.05) is 0 Å². The van der Waals surface area contributed by atoms with E-state index in [1.165, 1.54) is 24.3 Å². The molecule has 1 N–H and O–H groups in total. The Kier molecular flexibility index (Phi) is 6.22. The fourth-order valence-corrected chi connectivity index (χ4v) is 3.26. The van der Waals surface area contributed by atoms with Gasteiger partial charge in [0.05, 0.1) is 11.5 Å². The molecule has 0 bridgehead atoms. The summed E-state index contributed by atoms with van der Waals surface area (Å²) < 4.78 is 5.34. The first-order valence-corrected chi connectivity index (χ1v) is 9.34. The molecule has 0 aliphatic carbocycles. The van der Waals surface area contributed by atoms with Gasteiger partial charge in [-0.1, -0.05) is 60.7 Å². The molecule has 0 spiro atoms. The predicted octanol–water partition coefficient (Wildman–Crippen LogP) is 4.08. The summed E-state index contributed by atoms with van der Waals surface area (Å²) in [5.74, 6) is -1.32. The van der Waals surface area contributed by atoms with Crippen LogP contribution in [0.2, 0.25) is 0 Å². The first-order chi connectivity index (χ1) is 14.5. The van der Waals surface area contributed by atoms with Crippen LogP contribution in [0.1, 0.15) is 18.1 Å². The lowest BCUT2D eigenvalue weighted by molar-refractivity contribution is -0.384. The molecule has 0 saturated carbocycles. The Morgan fingerprint density at radius 1 is 0.900 bits per heavy atom. The van der Waals surface area contributed by atoms with Crippen LogP contribution in [0.25, 0.3) is 0 Å². The van der Waals surface area contributed by atoms with E-state index in [2.05, 4.69) is 5.32 Å². The molecule has 7 heteroatoms.